The number of hydrogen-bond donors (Lipinski definition) is 1. The molecule has 3 aromatic heterocycles. The molecule has 0 saturated heterocycles. The van der Waals surface area contributed by atoms with Crippen LogP contribution < -0.4 is 5.56 Å². The quantitative estimate of drug-likeness (QED) is 0.664. The lowest BCUT2D eigenvalue weighted by atomic mass is 10.0. The Bertz CT molecular complexity index is 790. The molecule has 0 radical (unpaired) electrons. The van der Waals surface area contributed by atoms with E-state index in [4.69, 9.17) is 0 Å². The van der Waals surface area contributed by atoms with Crippen LogP contribution in [-0.2, 0) is 0 Å². The van der Waals surface area contributed by atoms with Crippen molar-refractivity contribution in [3.8, 4) is 0 Å². The van der Waals surface area contributed by atoms with Crippen LogP contribution in [-0.4, -0.2) is 15.0 Å². The van der Waals surface area contributed by atoms with Crippen molar-refractivity contribution >= 4 is 21.7 Å². The van der Waals surface area contributed by atoms with Crippen LogP contribution in [0.5, 0.6) is 0 Å². The third kappa shape index (κ3) is 1.49. The highest BCUT2D eigenvalue weighted by Gasteiger charge is 2.12. The van der Waals surface area contributed by atoms with Gasteiger partial charge in [-0.15, -0.1) is 0 Å². The van der Waals surface area contributed by atoms with Crippen molar-refractivity contribution < 1.29 is 0 Å². The lowest BCUT2D eigenvalue weighted by molar-refractivity contribution is 0.840. The van der Waals surface area contributed by atoms with Gasteiger partial charge in [-0.05, 0) is 18.1 Å². The van der Waals surface area contributed by atoms with Gasteiger partial charge in [0.2, 0.25) is 0 Å². The second-order valence-corrected chi connectivity index (χ2v) is 4.64. The van der Waals surface area contributed by atoms with E-state index in [9.17, 15) is 4.79 Å². The van der Waals surface area contributed by atoms with Gasteiger partial charge in [0.1, 0.15) is 0 Å². The fourth-order valence-electron chi connectivity index (χ4n) is 2.27. The molecule has 0 saturated carbocycles. The molecule has 18 heavy (non-hydrogen) atoms. The normalized spacial score (nSPS) is 11.5. The molecule has 0 fully saturated rings. The van der Waals surface area contributed by atoms with Crippen molar-refractivity contribution in [3.05, 3.63) is 46.8 Å². The maximum Gasteiger partial charge on any atom is 0.258 e. The number of pyridine rings is 3. The molecule has 0 amide bonds. The van der Waals surface area contributed by atoms with Crippen LogP contribution in [0.2, 0.25) is 0 Å². The van der Waals surface area contributed by atoms with Gasteiger partial charge in [0.05, 0.1) is 16.6 Å². The van der Waals surface area contributed by atoms with E-state index in [1.165, 1.54) is 0 Å². The Kier molecular flexibility index (Phi) is 2.37. The molecule has 4 heteroatoms. The van der Waals surface area contributed by atoms with Gasteiger partial charge < -0.3 is 4.98 Å². The predicted molar refractivity (Wildman–Crippen MR) is 71.8 cm³/mol. The van der Waals surface area contributed by atoms with Crippen LogP contribution in [0, 0.1) is 0 Å². The molecule has 0 aliphatic carbocycles. The number of aromatic amines is 1. The zero-order valence-corrected chi connectivity index (χ0v) is 10.3. The maximum atomic E-state index is 12.0. The third-order valence-corrected chi connectivity index (χ3v) is 3.09. The fourth-order valence-corrected chi connectivity index (χ4v) is 2.27. The molecule has 0 spiro atoms. The molecule has 4 nitrogen and oxygen atoms in total. The van der Waals surface area contributed by atoms with Gasteiger partial charge in [0.25, 0.3) is 5.56 Å². The van der Waals surface area contributed by atoms with Crippen LogP contribution in [0.25, 0.3) is 21.7 Å². The molecular weight excluding hydrogens is 226 g/mol. The first kappa shape index (κ1) is 10.9. The van der Waals surface area contributed by atoms with Crippen LogP contribution in [0.15, 0.2) is 35.5 Å². The number of fused-ring (bicyclic) bond motifs is 3. The summed E-state index contributed by atoms with van der Waals surface area (Å²) in [5, 5.41) is 2.49. The Labute approximate surface area is 104 Å². The summed E-state index contributed by atoms with van der Waals surface area (Å²) < 4.78 is 0. The summed E-state index contributed by atoms with van der Waals surface area (Å²) in [6.07, 6.45) is 5.10. The van der Waals surface area contributed by atoms with Crippen molar-refractivity contribution in [3.63, 3.8) is 0 Å². The zero-order valence-electron chi connectivity index (χ0n) is 10.3. The number of aromatic nitrogens is 3. The van der Waals surface area contributed by atoms with E-state index in [1.807, 2.05) is 12.1 Å². The number of rotatable bonds is 1. The first-order valence-electron chi connectivity index (χ1n) is 5.93. The summed E-state index contributed by atoms with van der Waals surface area (Å²) in [5.74, 6) is 0.304. The van der Waals surface area contributed by atoms with E-state index >= 15 is 0 Å². The number of nitrogens with zero attached hydrogens (tertiary/aromatic N) is 2. The predicted octanol–water partition coefficient (Wildman–Crippen LogP) is 2.59. The Balaban J connectivity index is 2.63. The highest BCUT2D eigenvalue weighted by atomic mass is 16.1. The minimum absolute atomic E-state index is 0.117. The SMILES string of the molecule is CC(C)c1nc2cc[nH]c(=O)c2c2cnccc12. The van der Waals surface area contributed by atoms with Gasteiger partial charge in [-0.3, -0.25) is 14.8 Å². The summed E-state index contributed by atoms with van der Waals surface area (Å²) in [4.78, 5) is 23.4. The highest BCUT2D eigenvalue weighted by molar-refractivity contribution is 6.05. The molecular formula is C14H13N3O. The maximum absolute atomic E-state index is 12.0. The minimum Gasteiger partial charge on any atom is -0.328 e. The van der Waals surface area contributed by atoms with Crippen molar-refractivity contribution in [1.29, 1.82) is 0 Å². The van der Waals surface area contributed by atoms with Gasteiger partial charge in [-0.1, -0.05) is 13.8 Å². The summed E-state index contributed by atoms with van der Waals surface area (Å²) in [5.41, 5.74) is 1.61. The topological polar surface area (TPSA) is 58.6 Å². The van der Waals surface area contributed by atoms with Crippen molar-refractivity contribution in [2.45, 2.75) is 19.8 Å². The minimum atomic E-state index is -0.117. The summed E-state index contributed by atoms with van der Waals surface area (Å²) in [6.45, 7) is 4.20. The highest BCUT2D eigenvalue weighted by Crippen LogP contribution is 2.27. The van der Waals surface area contributed by atoms with Gasteiger partial charge in [-0.25, -0.2) is 0 Å². The Morgan fingerprint density at radius 1 is 1.22 bits per heavy atom. The standard InChI is InChI=1S/C14H13N3O/c1-8(2)13-9-3-5-15-7-10(9)12-11(17-13)4-6-16-14(12)18/h3-8H,1-2H3,(H,16,18). The lowest BCUT2D eigenvalue weighted by Gasteiger charge is -2.10. The monoisotopic (exact) mass is 239 g/mol. The van der Waals surface area contributed by atoms with Crippen molar-refractivity contribution in [1.82, 2.24) is 15.0 Å². The molecule has 3 heterocycles. The molecule has 3 aromatic rings. The second-order valence-electron chi connectivity index (χ2n) is 4.64. The molecule has 1 N–H and O–H groups in total. The largest absolute Gasteiger partial charge is 0.328 e. The van der Waals surface area contributed by atoms with Gasteiger partial charge >= 0.3 is 0 Å². The molecule has 0 atom stereocenters. The van der Waals surface area contributed by atoms with Crippen LogP contribution in [0.3, 0.4) is 0 Å². The van der Waals surface area contributed by atoms with E-state index in [0.29, 0.717) is 11.3 Å². The fraction of sp³-hybridized carbons (Fsp3) is 0.214. The number of hydrogen-bond acceptors (Lipinski definition) is 3. The van der Waals surface area contributed by atoms with E-state index in [0.717, 1.165) is 22.0 Å². The van der Waals surface area contributed by atoms with E-state index in [-0.39, 0.29) is 5.56 Å². The summed E-state index contributed by atoms with van der Waals surface area (Å²) in [6, 6.07) is 3.75. The molecule has 0 aliphatic heterocycles. The Morgan fingerprint density at radius 2 is 2.06 bits per heavy atom. The number of H-pyrrole nitrogens is 1. The second kappa shape index (κ2) is 3.91. The first-order chi connectivity index (χ1) is 8.68. The Morgan fingerprint density at radius 3 is 2.83 bits per heavy atom. The average molecular weight is 239 g/mol. The van der Waals surface area contributed by atoms with E-state index in [1.54, 1.807) is 18.6 Å². The van der Waals surface area contributed by atoms with Gasteiger partial charge in [0, 0.05) is 29.4 Å². The number of nitrogens with one attached hydrogen (secondary N) is 1. The first-order valence-corrected chi connectivity index (χ1v) is 5.93. The summed E-state index contributed by atoms with van der Waals surface area (Å²) in [7, 11) is 0. The molecule has 0 aliphatic rings. The van der Waals surface area contributed by atoms with E-state index < -0.39 is 0 Å². The summed E-state index contributed by atoms with van der Waals surface area (Å²) >= 11 is 0. The zero-order chi connectivity index (χ0) is 12.7. The Hall–Kier alpha value is -2.23. The van der Waals surface area contributed by atoms with Gasteiger partial charge in [0.15, 0.2) is 0 Å². The third-order valence-electron chi connectivity index (χ3n) is 3.09. The van der Waals surface area contributed by atoms with Crippen LogP contribution in [0.4, 0.5) is 0 Å². The average Bonchev–Trinajstić information content (AvgIpc) is 2.37. The van der Waals surface area contributed by atoms with Crippen LogP contribution >= 0.6 is 0 Å². The smallest absolute Gasteiger partial charge is 0.258 e. The van der Waals surface area contributed by atoms with Crippen molar-refractivity contribution in [2.75, 3.05) is 0 Å². The van der Waals surface area contributed by atoms with Crippen LogP contribution in [0.1, 0.15) is 25.5 Å². The van der Waals surface area contributed by atoms with Gasteiger partial charge in [-0.2, -0.15) is 0 Å². The molecule has 0 bridgehead atoms. The molecule has 90 valence electrons. The molecule has 3 rings (SSSR count). The molecule has 0 aromatic carbocycles. The van der Waals surface area contributed by atoms with Crippen molar-refractivity contribution in [2.24, 2.45) is 0 Å². The van der Waals surface area contributed by atoms with E-state index in [2.05, 4.69) is 28.8 Å². The lowest BCUT2D eigenvalue weighted by Crippen LogP contribution is -2.08. The molecule has 0 unspecified atom stereocenters.